The molecule has 0 atom stereocenters. The highest BCUT2D eigenvalue weighted by molar-refractivity contribution is 7.92. The summed E-state index contributed by atoms with van der Waals surface area (Å²) in [6.07, 6.45) is -3.46. The van der Waals surface area contributed by atoms with Crippen molar-refractivity contribution in [3.05, 3.63) is 85.2 Å². The van der Waals surface area contributed by atoms with Crippen molar-refractivity contribution in [1.82, 2.24) is 9.97 Å². The fraction of sp³-hybridized carbons (Fsp3) is 0.0833. The molecule has 0 saturated carbocycles. The van der Waals surface area contributed by atoms with Crippen LogP contribution in [0.5, 0.6) is 11.5 Å². The summed E-state index contributed by atoms with van der Waals surface area (Å²) in [4.78, 5) is 8.43. The van der Waals surface area contributed by atoms with E-state index in [0.717, 1.165) is 0 Å². The van der Waals surface area contributed by atoms with Crippen LogP contribution in [0.15, 0.2) is 90.1 Å². The molecule has 0 aliphatic carbocycles. The summed E-state index contributed by atoms with van der Waals surface area (Å²) in [5, 5.41) is 2.98. The number of nitrogens with one attached hydrogen (secondary N) is 2. The lowest BCUT2D eigenvalue weighted by Crippen LogP contribution is -2.16. The predicted molar refractivity (Wildman–Crippen MR) is 128 cm³/mol. The van der Waals surface area contributed by atoms with Crippen molar-refractivity contribution in [2.24, 2.45) is 0 Å². The van der Waals surface area contributed by atoms with Gasteiger partial charge in [0.2, 0.25) is 0 Å². The second kappa shape index (κ2) is 10.1. The van der Waals surface area contributed by atoms with Crippen molar-refractivity contribution in [1.29, 1.82) is 0 Å². The summed E-state index contributed by atoms with van der Waals surface area (Å²) < 4.78 is 73.9. The number of halogens is 3. The van der Waals surface area contributed by atoms with Crippen molar-refractivity contribution in [2.75, 3.05) is 17.1 Å². The first-order valence-electron chi connectivity index (χ1n) is 10.3. The molecule has 0 spiro atoms. The Kier molecular flexibility index (Phi) is 6.97. The maximum Gasteiger partial charge on any atom is 0.573 e. The molecule has 2 N–H and O–H groups in total. The van der Waals surface area contributed by atoms with Gasteiger partial charge in [0.25, 0.3) is 10.0 Å². The number of hydrogen-bond donors (Lipinski definition) is 2. The molecular formula is C24H19F3N4O4S. The average molecular weight is 517 g/mol. The molecule has 1 heterocycles. The molecule has 1 aromatic heterocycles. The quantitative estimate of drug-likeness (QED) is 0.315. The number of hydrogen-bond acceptors (Lipinski definition) is 7. The largest absolute Gasteiger partial charge is 0.573 e. The topological polar surface area (TPSA) is 102 Å². The first kappa shape index (κ1) is 24.8. The Morgan fingerprint density at radius 2 is 1.53 bits per heavy atom. The molecule has 36 heavy (non-hydrogen) atoms. The molecule has 0 radical (unpaired) electrons. The summed E-state index contributed by atoms with van der Waals surface area (Å²) >= 11 is 0. The fourth-order valence-corrected chi connectivity index (χ4v) is 4.23. The molecule has 12 heteroatoms. The molecule has 3 aromatic carbocycles. The van der Waals surface area contributed by atoms with Gasteiger partial charge in [0.1, 0.15) is 23.6 Å². The third kappa shape index (κ3) is 6.42. The van der Waals surface area contributed by atoms with E-state index in [1.165, 1.54) is 49.8 Å². The number of methoxy groups -OCH3 is 1. The summed E-state index contributed by atoms with van der Waals surface area (Å²) in [7, 11) is -2.34. The maximum atomic E-state index is 12.7. The number of benzene rings is 3. The molecule has 0 amide bonds. The van der Waals surface area contributed by atoms with Gasteiger partial charge in [0.15, 0.2) is 0 Å². The van der Waals surface area contributed by atoms with Crippen LogP contribution in [0.3, 0.4) is 0 Å². The Hall–Kier alpha value is -4.32. The van der Waals surface area contributed by atoms with Crippen LogP contribution in [0.1, 0.15) is 0 Å². The second-order valence-corrected chi connectivity index (χ2v) is 9.03. The average Bonchev–Trinajstić information content (AvgIpc) is 2.84. The molecule has 4 aromatic rings. The number of ether oxygens (including phenoxy) is 2. The van der Waals surface area contributed by atoms with Crippen LogP contribution in [-0.4, -0.2) is 31.9 Å². The van der Waals surface area contributed by atoms with Gasteiger partial charge >= 0.3 is 6.36 Å². The van der Waals surface area contributed by atoms with Gasteiger partial charge in [-0.25, -0.2) is 18.4 Å². The van der Waals surface area contributed by atoms with Crippen LogP contribution >= 0.6 is 0 Å². The van der Waals surface area contributed by atoms with E-state index in [-0.39, 0.29) is 10.6 Å². The molecule has 4 rings (SSSR count). The summed E-state index contributed by atoms with van der Waals surface area (Å²) in [5.74, 6) is 0.578. The van der Waals surface area contributed by atoms with E-state index in [9.17, 15) is 21.6 Å². The zero-order valence-electron chi connectivity index (χ0n) is 18.7. The third-order valence-corrected chi connectivity index (χ3v) is 6.20. The molecule has 0 aliphatic rings. The van der Waals surface area contributed by atoms with Crippen molar-refractivity contribution in [2.45, 2.75) is 11.3 Å². The van der Waals surface area contributed by atoms with Gasteiger partial charge in [-0.3, -0.25) is 4.72 Å². The van der Waals surface area contributed by atoms with Crippen molar-refractivity contribution >= 4 is 27.2 Å². The second-order valence-electron chi connectivity index (χ2n) is 7.35. The van der Waals surface area contributed by atoms with E-state index in [4.69, 9.17) is 4.74 Å². The standard InChI is InChI=1S/C24H19F3N4O4S/c1-34-19-9-11-21(12-10-19)36(32,33)31-18-4-2-3-16(13-18)22-14-23(29-15-28-22)30-17-5-7-20(8-6-17)35-24(25,26)27/h2-15,31H,1H3,(H,28,29,30). The minimum Gasteiger partial charge on any atom is -0.497 e. The summed E-state index contributed by atoms with van der Waals surface area (Å²) in [6, 6.07) is 19.4. The molecule has 0 aliphatic heterocycles. The molecule has 0 fully saturated rings. The van der Waals surface area contributed by atoms with Gasteiger partial charge in [0, 0.05) is 23.0 Å². The van der Waals surface area contributed by atoms with Gasteiger partial charge in [-0.1, -0.05) is 12.1 Å². The number of rotatable bonds is 8. The Labute approximate surface area is 204 Å². The zero-order valence-corrected chi connectivity index (χ0v) is 19.5. The fourth-order valence-electron chi connectivity index (χ4n) is 3.18. The molecular weight excluding hydrogens is 497 g/mol. The SMILES string of the molecule is COc1ccc(S(=O)(=O)Nc2cccc(-c3cc(Nc4ccc(OC(F)(F)F)cc4)ncn3)c2)cc1. The predicted octanol–water partition coefficient (Wildman–Crippen LogP) is 5.60. The van der Waals surface area contributed by atoms with Crippen molar-refractivity contribution in [3.8, 4) is 22.8 Å². The van der Waals surface area contributed by atoms with Gasteiger partial charge in [-0.15, -0.1) is 13.2 Å². The Morgan fingerprint density at radius 1 is 0.833 bits per heavy atom. The lowest BCUT2D eigenvalue weighted by Gasteiger charge is -2.11. The Balaban J connectivity index is 1.50. The maximum absolute atomic E-state index is 12.7. The highest BCUT2D eigenvalue weighted by atomic mass is 32.2. The summed E-state index contributed by atoms with van der Waals surface area (Å²) in [5.41, 5.74) is 1.92. The lowest BCUT2D eigenvalue weighted by atomic mass is 10.1. The molecule has 0 unspecified atom stereocenters. The smallest absolute Gasteiger partial charge is 0.497 e. The Bertz CT molecular complexity index is 1450. The number of sulfonamides is 1. The van der Waals surface area contributed by atoms with Crippen LogP contribution in [0, 0.1) is 0 Å². The van der Waals surface area contributed by atoms with Crippen LogP contribution in [0.2, 0.25) is 0 Å². The van der Waals surface area contributed by atoms with Crippen LogP contribution in [0.4, 0.5) is 30.4 Å². The van der Waals surface area contributed by atoms with E-state index in [1.807, 2.05) is 0 Å². The highest BCUT2D eigenvalue weighted by Gasteiger charge is 2.30. The summed E-state index contributed by atoms with van der Waals surface area (Å²) in [6.45, 7) is 0. The van der Waals surface area contributed by atoms with Gasteiger partial charge < -0.3 is 14.8 Å². The number of anilines is 3. The first-order valence-corrected chi connectivity index (χ1v) is 11.8. The number of alkyl halides is 3. The monoisotopic (exact) mass is 516 g/mol. The van der Waals surface area contributed by atoms with E-state index >= 15 is 0 Å². The van der Waals surface area contributed by atoms with Gasteiger partial charge in [0.05, 0.1) is 17.7 Å². The van der Waals surface area contributed by atoms with Crippen LogP contribution in [0.25, 0.3) is 11.3 Å². The number of aromatic nitrogens is 2. The van der Waals surface area contributed by atoms with Crippen molar-refractivity contribution in [3.63, 3.8) is 0 Å². The van der Waals surface area contributed by atoms with Crippen molar-refractivity contribution < 1.29 is 31.1 Å². The number of nitrogens with zero attached hydrogens (tertiary/aromatic N) is 2. The van der Waals surface area contributed by atoms with Crippen LogP contribution in [-0.2, 0) is 10.0 Å². The third-order valence-electron chi connectivity index (χ3n) is 4.81. The molecule has 186 valence electrons. The zero-order chi connectivity index (χ0) is 25.8. The lowest BCUT2D eigenvalue weighted by molar-refractivity contribution is -0.274. The molecule has 0 saturated heterocycles. The van der Waals surface area contributed by atoms with Gasteiger partial charge in [-0.05, 0) is 60.7 Å². The van der Waals surface area contributed by atoms with Gasteiger partial charge in [-0.2, -0.15) is 0 Å². The normalized spacial score (nSPS) is 11.6. The van der Waals surface area contributed by atoms with Crippen LogP contribution < -0.4 is 19.5 Å². The minimum atomic E-state index is -4.77. The highest BCUT2D eigenvalue weighted by Crippen LogP contribution is 2.27. The minimum absolute atomic E-state index is 0.0777. The van der Waals surface area contributed by atoms with E-state index in [0.29, 0.717) is 34.2 Å². The Morgan fingerprint density at radius 3 is 2.19 bits per heavy atom. The molecule has 8 nitrogen and oxygen atoms in total. The molecule has 0 bridgehead atoms. The first-order chi connectivity index (χ1) is 17.1. The van der Waals surface area contributed by atoms with E-state index < -0.39 is 16.4 Å². The van der Waals surface area contributed by atoms with E-state index in [1.54, 1.807) is 42.5 Å². The van der Waals surface area contributed by atoms with E-state index in [2.05, 4.69) is 24.7 Å².